The number of nitrogens with zero attached hydrogens (tertiary/aromatic N) is 4. The van der Waals surface area contributed by atoms with Gasteiger partial charge in [-0.25, -0.2) is 9.97 Å². The monoisotopic (exact) mass is 389 g/mol. The van der Waals surface area contributed by atoms with Crippen LogP contribution >= 0.6 is 0 Å². The second-order valence-electron chi connectivity index (χ2n) is 6.55. The van der Waals surface area contributed by atoms with Crippen LogP contribution in [0.5, 0.6) is 5.75 Å². The summed E-state index contributed by atoms with van der Waals surface area (Å²) >= 11 is 0. The molecule has 1 aliphatic rings. The molecule has 0 saturated carbocycles. The summed E-state index contributed by atoms with van der Waals surface area (Å²) in [4.78, 5) is 13.5. The van der Waals surface area contributed by atoms with E-state index in [1.54, 1.807) is 12.4 Å². The maximum Gasteiger partial charge on any atom is 0.573 e. The Morgan fingerprint density at radius 3 is 2.54 bits per heavy atom. The fourth-order valence-corrected chi connectivity index (χ4v) is 3.39. The predicted molar refractivity (Wildman–Crippen MR) is 96.9 cm³/mol. The van der Waals surface area contributed by atoms with Crippen molar-refractivity contribution in [3.63, 3.8) is 0 Å². The van der Waals surface area contributed by atoms with Crippen LogP contribution < -0.4 is 10.1 Å². The number of nitrogens with one attached hydrogen (secondary N) is 1. The van der Waals surface area contributed by atoms with E-state index in [0.29, 0.717) is 17.3 Å². The number of imidazole rings is 1. The summed E-state index contributed by atoms with van der Waals surface area (Å²) in [6, 6.07) is 5.45. The molecular weight excluding hydrogens is 371 g/mol. The summed E-state index contributed by atoms with van der Waals surface area (Å²) in [5.41, 5.74) is 2.86. The summed E-state index contributed by atoms with van der Waals surface area (Å²) in [5.74, 6) is 1.74. The van der Waals surface area contributed by atoms with E-state index in [-0.39, 0.29) is 5.75 Å². The Balaban J connectivity index is 1.56. The lowest BCUT2D eigenvalue weighted by Gasteiger charge is -2.15. The third-order valence-corrected chi connectivity index (χ3v) is 4.51. The van der Waals surface area contributed by atoms with Crippen LogP contribution in [0.25, 0.3) is 5.82 Å². The number of benzene rings is 1. The van der Waals surface area contributed by atoms with E-state index in [1.807, 2.05) is 11.5 Å². The van der Waals surface area contributed by atoms with Crippen LogP contribution in [0, 0.1) is 6.92 Å². The number of halogens is 3. The highest BCUT2D eigenvalue weighted by Gasteiger charge is 2.31. The van der Waals surface area contributed by atoms with E-state index in [2.05, 4.69) is 25.0 Å². The van der Waals surface area contributed by atoms with Crippen LogP contribution in [0.2, 0.25) is 0 Å². The van der Waals surface area contributed by atoms with Crippen molar-refractivity contribution in [1.29, 1.82) is 0 Å². The Morgan fingerprint density at radius 2 is 1.79 bits per heavy atom. The second kappa shape index (κ2) is 7.14. The van der Waals surface area contributed by atoms with Crippen LogP contribution in [0.3, 0.4) is 0 Å². The number of anilines is 2. The molecule has 0 atom stereocenters. The molecule has 1 aromatic carbocycles. The molecule has 28 heavy (non-hydrogen) atoms. The zero-order chi connectivity index (χ0) is 19.7. The largest absolute Gasteiger partial charge is 0.573 e. The summed E-state index contributed by atoms with van der Waals surface area (Å²) < 4.78 is 42.7. The molecule has 0 amide bonds. The number of rotatable bonds is 4. The SMILES string of the molecule is Cc1nc2c(n1-c1cncc(Nc3ccc(OC(F)(F)F)cc3)n1)CCCC2. The molecular formula is C19H18F3N5O. The van der Waals surface area contributed by atoms with Crippen molar-refractivity contribution in [3.05, 3.63) is 53.9 Å². The average Bonchev–Trinajstić information content (AvgIpc) is 2.98. The van der Waals surface area contributed by atoms with Gasteiger partial charge in [0.05, 0.1) is 18.1 Å². The van der Waals surface area contributed by atoms with Gasteiger partial charge in [0.1, 0.15) is 11.6 Å². The first-order valence-corrected chi connectivity index (χ1v) is 8.91. The molecule has 146 valence electrons. The molecule has 2 aromatic heterocycles. The number of hydrogen-bond donors (Lipinski definition) is 1. The highest BCUT2D eigenvalue weighted by atomic mass is 19.4. The summed E-state index contributed by atoms with van der Waals surface area (Å²) in [7, 11) is 0. The molecule has 6 nitrogen and oxygen atoms in total. The van der Waals surface area contributed by atoms with Crippen molar-refractivity contribution in [3.8, 4) is 11.6 Å². The Hall–Kier alpha value is -3.10. The minimum Gasteiger partial charge on any atom is -0.406 e. The van der Waals surface area contributed by atoms with Gasteiger partial charge in [0, 0.05) is 11.4 Å². The number of fused-ring (bicyclic) bond motifs is 1. The van der Waals surface area contributed by atoms with Crippen molar-refractivity contribution in [2.45, 2.75) is 39.0 Å². The highest BCUT2D eigenvalue weighted by Crippen LogP contribution is 2.27. The Bertz CT molecular complexity index is 982. The van der Waals surface area contributed by atoms with Gasteiger partial charge in [0.2, 0.25) is 0 Å². The van der Waals surface area contributed by atoms with Gasteiger partial charge < -0.3 is 10.1 Å². The molecule has 0 bridgehead atoms. The predicted octanol–water partition coefficient (Wildman–Crippen LogP) is 4.49. The van der Waals surface area contributed by atoms with Gasteiger partial charge in [-0.3, -0.25) is 9.55 Å². The summed E-state index contributed by atoms with van der Waals surface area (Å²) in [5, 5.41) is 3.05. The van der Waals surface area contributed by atoms with Crippen molar-refractivity contribution < 1.29 is 17.9 Å². The lowest BCUT2D eigenvalue weighted by atomic mass is 10.0. The molecule has 9 heteroatoms. The fraction of sp³-hybridized carbons (Fsp3) is 0.316. The number of aromatic nitrogens is 4. The molecule has 1 N–H and O–H groups in total. The maximum absolute atomic E-state index is 12.3. The molecule has 2 heterocycles. The minimum absolute atomic E-state index is 0.279. The minimum atomic E-state index is -4.71. The van der Waals surface area contributed by atoms with Crippen LogP contribution in [-0.2, 0) is 12.8 Å². The lowest BCUT2D eigenvalue weighted by molar-refractivity contribution is -0.274. The first-order chi connectivity index (χ1) is 13.4. The van der Waals surface area contributed by atoms with E-state index < -0.39 is 6.36 Å². The van der Waals surface area contributed by atoms with Crippen molar-refractivity contribution in [1.82, 2.24) is 19.5 Å². The molecule has 0 unspecified atom stereocenters. The lowest BCUT2D eigenvalue weighted by Crippen LogP contribution is -2.17. The van der Waals surface area contributed by atoms with Crippen molar-refractivity contribution >= 4 is 11.5 Å². The fourth-order valence-electron chi connectivity index (χ4n) is 3.39. The van der Waals surface area contributed by atoms with E-state index in [1.165, 1.54) is 30.0 Å². The van der Waals surface area contributed by atoms with E-state index in [4.69, 9.17) is 0 Å². The van der Waals surface area contributed by atoms with Gasteiger partial charge in [0.15, 0.2) is 11.6 Å². The molecule has 0 saturated heterocycles. The van der Waals surface area contributed by atoms with Crippen LogP contribution in [0.15, 0.2) is 36.7 Å². The normalized spacial score (nSPS) is 13.9. The van der Waals surface area contributed by atoms with E-state index in [9.17, 15) is 13.2 Å². The van der Waals surface area contributed by atoms with Gasteiger partial charge in [-0.05, 0) is 56.9 Å². The smallest absolute Gasteiger partial charge is 0.406 e. The molecule has 1 aliphatic carbocycles. The molecule has 0 spiro atoms. The first-order valence-electron chi connectivity index (χ1n) is 8.91. The number of ether oxygens (including phenoxy) is 1. The molecule has 3 aromatic rings. The summed E-state index contributed by atoms with van der Waals surface area (Å²) in [6.45, 7) is 1.94. The molecule has 0 aliphatic heterocycles. The number of alkyl halides is 3. The number of hydrogen-bond acceptors (Lipinski definition) is 5. The highest BCUT2D eigenvalue weighted by molar-refractivity contribution is 5.57. The summed E-state index contributed by atoms with van der Waals surface area (Å²) in [6.07, 6.45) is 2.71. The molecule has 0 fully saturated rings. The van der Waals surface area contributed by atoms with Gasteiger partial charge in [-0.2, -0.15) is 0 Å². The third kappa shape index (κ3) is 3.92. The first kappa shape index (κ1) is 18.3. The molecule has 4 rings (SSSR count). The second-order valence-corrected chi connectivity index (χ2v) is 6.55. The zero-order valence-electron chi connectivity index (χ0n) is 15.1. The van der Waals surface area contributed by atoms with Gasteiger partial charge in [0.25, 0.3) is 0 Å². The Morgan fingerprint density at radius 1 is 1.04 bits per heavy atom. The van der Waals surface area contributed by atoms with Crippen LogP contribution in [-0.4, -0.2) is 25.9 Å². The standard InChI is InChI=1S/C19H18F3N5O/c1-12-24-15-4-2-3-5-16(15)27(12)18-11-23-10-17(26-18)25-13-6-8-14(9-7-13)28-19(20,21)22/h6-11H,2-5H2,1H3,(H,25,26). The Labute approximate surface area is 159 Å². The van der Waals surface area contributed by atoms with Gasteiger partial charge in [-0.1, -0.05) is 0 Å². The van der Waals surface area contributed by atoms with E-state index >= 15 is 0 Å². The van der Waals surface area contributed by atoms with Gasteiger partial charge >= 0.3 is 6.36 Å². The van der Waals surface area contributed by atoms with Crippen molar-refractivity contribution in [2.24, 2.45) is 0 Å². The zero-order valence-corrected chi connectivity index (χ0v) is 15.1. The van der Waals surface area contributed by atoms with Gasteiger partial charge in [-0.15, -0.1) is 13.2 Å². The van der Waals surface area contributed by atoms with Crippen LogP contribution in [0.1, 0.15) is 30.1 Å². The van der Waals surface area contributed by atoms with E-state index in [0.717, 1.165) is 37.2 Å². The molecule has 0 radical (unpaired) electrons. The quantitative estimate of drug-likeness (QED) is 0.712. The Kier molecular flexibility index (Phi) is 4.66. The average molecular weight is 389 g/mol. The third-order valence-electron chi connectivity index (χ3n) is 4.51. The van der Waals surface area contributed by atoms with Crippen molar-refractivity contribution in [2.75, 3.05) is 5.32 Å². The number of aryl methyl sites for hydroxylation is 2. The topological polar surface area (TPSA) is 64.9 Å². The maximum atomic E-state index is 12.3. The van der Waals surface area contributed by atoms with Crippen LogP contribution in [0.4, 0.5) is 24.7 Å².